The normalized spacial score (nSPS) is 15.9. The van der Waals surface area contributed by atoms with E-state index in [9.17, 15) is 4.79 Å². The number of nitrogens with zero attached hydrogens (tertiary/aromatic N) is 3. The first kappa shape index (κ1) is 10.9. The van der Waals surface area contributed by atoms with Gasteiger partial charge in [-0.05, 0) is 12.1 Å². The summed E-state index contributed by atoms with van der Waals surface area (Å²) in [6, 6.07) is 3.72. The molecule has 0 aromatic carbocycles. The van der Waals surface area contributed by atoms with Gasteiger partial charge in [-0.2, -0.15) is 0 Å². The summed E-state index contributed by atoms with van der Waals surface area (Å²) >= 11 is 0. The van der Waals surface area contributed by atoms with Gasteiger partial charge >= 0.3 is 6.03 Å². The fourth-order valence-corrected chi connectivity index (χ4v) is 1.75. The van der Waals surface area contributed by atoms with Crippen molar-refractivity contribution in [2.24, 2.45) is 0 Å². The average molecular weight is 220 g/mol. The number of nitrogens with one attached hydrogen (secondary N) is 1. The Labute approximate surface area is 95.1 Å². The molecule has 0 spiro atoms. The number of hydrogen-bond donors (Lipinski definition) is 1. The molecule has 16 heavy (non-hydrogen) atoms. The second-order valence-corrected chi connectivity index (χ2v) is 3.78. The van der Waals surface area contributed by atoms with E-state index in [1.54, 1.807) is 24.3 Å². The van der Waals surface area contributed by atoms with Crippen molar-refractivity contribution < 1.29 is 4.79 Å². The molecule has 1 N–H and O–H groups in total. The van der Waals surface area contributed by atoms with Gasteiger partial charge in [-0.3, -0.25) is 9.88 Å². The van der Waals surface area contributed by atoms with Gasteiger partial charge in [0.2, 0.25) is 0 Å². The van der Waals surface area contributed by atoms with Crippen LogP contribution in [0.15, 0.2) is 24.5 Å². The Morgan fingerprint density at radius 1 is 1.38 bits per heavy atom. The largest absolute Gasteiger partial charge is 0.324 e. The monoisotopic (exact) mass is 220 g/mol. The number of aromatic nitrogens is 1. The van der Waals surface area contributed by atoms with Crippen molar-refractivity contribution >= 4 is 11.7 Å². The molecule has 0 saturated carbocycles. The van der Waals surface area contributed by atoms with Crippen molar-refractivity contribution in [2.45, 2.75) is 0 Å². The molecule has 2 rings (SSSR count). The fourth-order valence-electron chi connectivity index (χ4n) is 1.75. The van der Waals surface area contributed by atoms with Crippen LogP contribution in [0.5, 0.6) is 0 Å². The molecule has 5 heteroatoms. The second kappa shape index (κ2) is 4.94. The highest BCUT2D eigenvalue weighted by atomic mass is 16.2. The molecule has 1 aromatic heterocycles. The van der Waals surface area contributed by atoms with E-state index in [1.165, 1.54) is 0 Å². The van der Waals surface area contributed by atoms with Crippen molar-refractivity contribution in [3.05, 3.63) is 24.5 Å². The van der Waals surface area contributed by atoms with Crippen molar-refractivity contribution in [1.82, 2.24) is 15.2 Å². The molecule has 5 nitrogen and oxygen atoms in total. The number of carbonyl (C=O) groups is 1. The molecule has 2 heterocycles. The Morgan fingerprint density at radius 2 is 2.00 bits per heavy atom. The molecule has 0 atom stereocenters. The van der Waals surface area contributed by atoms with Gasteiger partial charge < -0.3 is 10.2 Å². The molecule has 1 aliphatic rings. The minimum atomic E-state index is 0.0488. The molecule has 0 bridgehead atoms. The van der Waals surface area contributed by atoms with Gasteiger partial charge in [0.05, 0.1) is 0 Å². The molecule has 2 amide bonds. The van der Waals surface area contributed by atoms with E-state index in [2.05, 4.69) is 10.3 Å². The lowest BCUT2D eigenvalue weighted by Gasteiger charge is -2.31. The van der Waals surface area contributed by atoms with Crippen LogP contribution in [0.2, 0.25) is 0 Å². The number of pyridine rings is 1. The fraction of sp³-hybridized carbons (Fsp3) is 0.455. The standard InChI is InChI=1S/C11H16N4O/c1-14(10-2-4-12-5-3-10)11(16)15-8-6-13-7-9-15/h2-5,13H,6-9H2,1H3. The quantitative estimate of drug-likeness (QED) is 0.751. The van der Waals surface area contributed by atoms with Gasteiger partial charge in [-0.25, -0.2) is 4.79 Å². The molecule has 1 saturated heterocycles. The van der Waals surface area contributed by atoms with E-state index >= 15 is 0 Å². The summed E-state index contributed by atoms with van der Waals surface area (Å²) in [5, 5.41) is 3.23. The van der Waals surface area contributed by atoms with Crippen LogP contribution < -0.4 is 10.2 Å². The molecule has 1 aromatic rings. The number of hydrogen-bond acceptors (Lipinski definition) is 3. The van der Waals surface area contributed by atoms with Crippen LogP contribution in [0.25, 0.3) is 0 Å². The number of carbonyl (C=O) groups excluding carboxylic acids is 1. The smallest absolute Gasteiger partial charge is 0.322 e. The Balaban J connectivity index is 2.04. The summed E-state index contributed by atoms with van der Waals surface area (Å²) in [4.78, 5) is 19.6. The summed E-state index contributed by atoms with van der Waals surface area (Å²) in [5.74, 6) is 0. The minimum absolute atomic E-state index is 0.0488. The Bertz CT molecular complexity index is 348. The lowest BCUT2D eigenvalue weighted by atomic mass is 10.3. The van der Waals surface area contributed by atoms with E-state index in [0.29, 0.717) is 0 Å². The van der Waals surface area contributed by atoms with Gasteiger partial charge in [0, 0.05) is 51.3 Å². The van der Waals surface area contributed by atoms with Gasteiger partial charge in [0.25, 0.3) is 0 Å². The first-order chi connectivity index (χ1) is 7.79. The van der Waals surface area contributed by atoms with Crippen molar-refractivity contribution in [3.8, 4) is 0 Å². The van der Waals surface area contributed by atoms with Gasteiger partial charge in [-0.1, -0.05) is 0 Å². The van der Waals surface area contributed by atoms with Gasteiger partial charge in [0.15, 0.2) is 0 Å². The number of piperazine rings is 1. The lowest BCUT2D eigenvalue weighted by molar-refractivity contribution is 0.198. The van der Waals surface area contributed by atoms with E-state index in [1.807, 2.05) is 17.0 Å². The molecule has 86 valence electrons. The maximum absolute atomic E-state index is 12.1. The first-order valence-corrected chi connectivity index (χ1v) is 5.42. The summed E-state index contributed by atoms with van der Waals surface area (Å²) in [5.41, 5.74) is 0.874. The zero-order valence-corrected chi connectivity index (χ0v) is 9.39. The van der Waals surface area contributed by atoms with Gasteiger partial charge in [-0.15, -0.1) is 0 Å². The highest BCUT2D eigenvalue weighted by Crippen LogP contribution is 2.12. The van der Waals surface area contributed by atoms with Crippen LogP contribution in [-0.2, 0) is 0 Å². The second-order valence-electron chi connectivity index (χ2n) is 3.78. The summed E-state index contributed by atoms with van der Waals surface area (Å²) < 4.78 is 0. The number of urea groups is 1. The van der Waals surface area contributed by atoms with Crippen molar-refractivity contribution in [1.29, 1.82) is 0 Å². The lowest BCUT2D eigenvalue weighted by Crippen LogP contribution is -2.50. The number of amides is 2. The van der Waals surface area contributed by atoms with E-state index in [-0.39, 0.29) is 6.03 Å². The van der Waals surface area contributed by atoms with E-state index in [0.717, 1.165) is 31.9 Å². The highest BCUT2D eigenvalue weighted by molar-refractivity contribution is 5.91. The van der Waals surface area contributed by atoms with Crippen molar-refractivity contribution in [2.75, 3.05) is 38.1 Å². The molecular weight excluding hydrogens is 204 g/mol. The average Bonchev–Trinajstić information content (AvgIpc) is 2.39. The predicted octanol–water partition coefficient (Wildman–Crippen LogP) is 0.543. The molecule has 1 aliphatic heterocycles. The van der Waals surface area contributed by atoms with E-state index < -0.39 is 0 Å². The zero-order chi connectivity index (χ0) is 11.4. The SMILES string of the molecule is CN(C(=O)N1CCNCC1)c1ccncc1. The van der Waals surface area contributed by atoms with Crippen LogP contribution >= 0.6 is 0 Å². The van der Waals surface area contributed by atoms with Gasteiger partial charge in [0.1, 0.15) is 0 Å². The van der Waals surface area contributed by atoms with E-state index in [4.69, 9.17) is 0 Å². The predicted molar refractivity (Wildman–Crippen MR) is 62.5 cm³/mol. The summed E-state index contributed by atoms with van der Waals surface area (Å²) in [7, 11) is 1.79. The third kappa shape index (κ3) is 2.30. The van der Waals surface area contributed by atoms with Crippen LogP contribution in [0.4, 0.5) is 10.5 Å². The Hall–Kier alpha value is -1.62. The molecule has 0 aliphatic carbocycles. The third-order valence-electron chi connectivity index (χ3n) is 2.72. The maximum atomic E-state index is 12.1. The first-order valence-electron chi connectivity index (χ1n) is 5.42. The minimum Gasteiger partial charge on any atom is -0.322 e. The van der Waals surface area contributed by atoms with Crippen LogP contribution in [0, 0.1) is 0 Å². The van der Waals surface area contributed by atoms with Crippen LogP contribution in [0.1, 0.15) is 0 Å². The third-order valence-corrected chi connectivity index (χ3v) is 2.72. The maximum Gasteiger partial charge on any atom is 0.324 e. The number of anilines is 1. The van der Waals surface area contributed by atoms with Crippen LogP contribution in [0.3, 0.4) is 0 Å². The molecule has 0 radical (unpaired) electrons. The zero-order valence-electron chi connectivity index (χ0n) is 9.39. The molecule has 0 unspecified atom stereocenters. The van der Waals surface area contributed by atoms with Crippen LogP contribution in [-0.4, -0.2) is 49.1 Å². The molecular formula is C11H16N4O. The topological polar surface area (TPSA) is 48.5 Å². The Kier molecular flexibility index (Phi) is 3.36. The molecule has 1 fully saturated rings. The Morgan fingerprint density at radius 3 is 2.62 bits per heavy atom. The summed E-state index contributed by atoms with van der Waals surface area (Å²) in [6.07, 6.45) is 3.38. The summed E-state index contributed by atoms with van der Waals surface area (Å²) in [6.45, 7) is 3.29. The van der Waals surface area contributed by atoms with Crippen molar-refractivity contribution in [3.63, 3.8) is 0 Å². The number of rotatable bonds is 1. The highest BCUT2D eigenvalue weighted by Gasteiger charge is 2.20.